The van der Waals surface area contributed by atoms with Gasteiger partial charge in [0.15, 0.2) is 10.9 Å². The average Bonchev–Trinajstić information content (AvgIpc) is 2.84. The fourth-order valence-corrected chi connectivity index (χ4v) is 4.27. The van der Waals surface area contributed by atoms with Crippen LogP contribution in [0.5, 0.6) is 11.5 Å². The molecule has 0 aromatic heterocycles. The Hall–Kier alpha value is -3.56. The van der Waals surface area contributed by atoms with Gasteiger partial charge in [-0.2, -0.15) is 0 Å². The summed E-state index contributed by atoms with van der Waals surface area (Å²) in [5, 5.41) is 9.22. The molecule has 0 saturated heterocycles. The second-order valence-electron chi connectivity index (χ2n) is 7.59. The van der Waals surface area contributed by atoms with Gasteiger partial charge in [-0.05, 0) is 68.5 Å². The molecule has 9 heteroatoms. The number of thiocarbonyl (C=S) groups is 1. The number of rotatable bonds is 9. The molecular formula is C26H27N3O4S2. The number of ether oxygens (including phenoxy) is 2. The molecule has 182 valence electrons. The van der Waals surface area contributed by atoms with E-state index in [2.05, 4.69) is 16.0 Å². The van der Waals surface area contributed by atoms with E-state index in [-0.39, 0.29) is 16.9 Å². The van der Waals surface area contributed by atoms with Gasteiger partial charge in [-0.25, -0.2) is 0 Å². The van der Waals surface area contributed by atoms with Crippen LogP contribution in [0.15, 0.2) is 71.6 Å². The zero-order valence-electron chi connectivity index (χ0n) is 19.9. The largest absolute Gasteiger partial charge is 0.497 e. The van der Waals surface area contributed by atoms with E-state index in [1.54, 1.807) is 56.7 Å². The van der Waals surface area contributed by atoms with Gasteiger partial charge in [-0.3, -0.25) is 9.59 Å². The number of anilines is 3. The van der Waals surface area contributed by atoms with Crippen molar-refractivity contribution >= 4 is 57.8 Å². The van der Waals surface area contributed by atoms with Gasteiger partial charge in [0.05, 0.1) is 19.5 Å². The SMILES string of the molecule is COc1cc(NC(=O)C(C)Sc2cccc(NC(=S)Nc3ccc(C(C)=O)cc3)c2)cc(OC)c1. The molecule has 0 aliphatic carbocycles. The molecule has 3 rings (SSSR count). The molecular weight excluding hydrogens is 482 g/mol. The highest BCUT2D eigenvalue weighted by molar-refractivity contribution is 8.00. The van der Waals surface area contributed by atoms with E-state index in [1.807, 2.05) is 31.2 Å². The van der Waals surface area contributed by atoms with E-state index in [9.17, 15) is 9.59 Å². The maximum Gasteiger partial charge on any atom is 0.237 e. The molecule has 1 unspecified atom stereocenters. The summed E-state index contributed by atoms with van der Waals surface area (Å²) in [5.74, 6) is 1.06. The number of nitrogens with one attached hydrogen (secondary N) is 3. The van der Waals surface area contributed by atoms with Crippen molar-refractivity contribution in [2.45, 2.75) is 24.0 Å². The van der Waals surface area contributed by atoms with Crippen LogP contribution in [0.4, 0.5) is 17.1 Å². The van der Waals surface area contributed by atoms with Gasteiger partial charge in [0.1, 0.15) is 11.5 Å². The Kier molecular flexibility index (Phi) is 9.11. The topological polar surface area (TPSA) is 88.7 Å². The second kappa shape index (κ2) is 12.2. The smallest absolute Gasteiger partial charge is 0.237 e. The molecule has 3 N–H and O–H groups in total. The van der Waals surface area contributed by atoms with Gasteiger partial charge in [0.25, 0.3) is 0 Å². The number of hydrogen-bond donors (Lipinski definition) is 3. The van der Waals surface area contributed by atoms with E-state index in [1.165, 1.54) is 18.7 Å². The Bertz CT molecular complexity index is 1190. The number of ketones is 1. The molecule has 0 saturated carbocycles. The van der Waals surface area contributed by atoms with Crippen LogP contribution in [0.1, 0.15) is 24.2 Å². The lowest BCUT2D eigenvalue weighted by Crippen LogP contribution is -2.22. The van der Waals surface area contributed by atoms with Crippen LogP contribution < -0.4 is 25.4 Å². The molecule has 1 atom stereocenters. The first-order valence-corrected chi connectivity index (χ1v) is 12.1. The molecule has 0 radical (unpaired) electrons. The number of methoxy groups -OCH3 is 2. The molecule has 0 heterocycles. The van der Waals surface area contributed by atoms with E-state index in [0.717, 1.165) is 16.3 Å². The highest BCUT2D eigenvalue weighted by Gasteiger charge is 2.16. The minimum atomic E-state index is -0.354. The van der Waals surface area contributed by atoms with E-state index >= 15 is 0 Å². The Balaban J connectivity index is 1.58. The Labute approximate surface area is 214 Å². The van der Waals surface area contributed by atoms with Gasteiger partial charge in [0, 0.05) is 45.7 Å². The maximum absolute atomic E-state index is 12.8. The summed E-state index contributed by atoms with van der Waals surface area (Å²) in [7, 11) is 3.12. The van der Waals surface area contributed by atoms with E-state index in [4.69, 9.17) is 21.7 Å². The molecule has 0 aliphatic rings. The van der Waals surface area contributed by atoms with Crippen LogP contribution in [0.3, 0.4) is 0 Å². The molecule has 0 spiro atoms. The number of Topliss-reactive ketones (excluding diaryl/α,β-unsaturated/α-hetero) is 1. The van der Waals surface area contributed by atoms with Crippen LogP contribution in [0, 0.1) is 0 Å². The summed E-state index contributed by atoms with van der Waals surface area (Å²) in [4.78, 5) is 25.1. The predicted octanol–water partition coefficient (Wildman–Crippen LogP) is 5.83. The van der Waals surface area contributed by atoms with Gasteiger partial charge in [-0.1, -0.05) is 6.07 Å². The standard InChI is InChI=1S/C26H27N3O4S2/c1-16(30)18-8-10-19(11-9-18)28-26(34)29-20-6-5-7-24(14-20)35-17(2)25(31)27-21-12-22(32-3)15-23(13-21)33-4/h5-15,17H,1-4H3,(H,27,31)(H2,28,29,34). The minimum Gasteiger partial charge on any atom is -0.497 e. The third-order valence-corrected chi connectivity index (χ3v) is 6.24. The van der Waals surface area contributed by atoms with E-state index in [0.29, 0.717) is 27.9 Å². The number of carbonyl (C=O) groups is 2. The zero-order valence-corrected chi connectivity index (χ0v) is 21.5. The van der Waals surface area contributed by atoms with Gasteiger partial charge in [-0.15, -0.1) is 11.8 Å². The predicted molar refractivity (Wildman–Crippen MR) is 146 cm³/mol. The summed E-state index contributed by atoms with van der Waals surface area (Å²) in [6, 6.07) is 20.0. The monoisotopic (exact) mass is 509 g/mol. The number of benzene rings is 3. The maximum atomic E-state index is 12.8. The van der Waals surface area contributed by atoms with Crippen molar-refractivity contribution in [3.8, 4) is 11.5 Å². The van der Waals surface area contributed by atoms with E-state index < -0.39 is 0 Å². The van der Waals surface area contributed by atoms with Crippen molar-refractivity contribution in [1.29, 1.82) is 0 Å². The summed E-state index contributed by atoms with van der Waals surface area (Å²) in [6.07, 6.45) is 0. The zero-order chi connectivity index (χ0) is 25.4. The first kappa shape index (κ1) is 26.1. The van der Waals surface area contributed by atoms with Crippen molar-refractivity contribution in [3.05, 3.63) is 72.3 Å². The van der Waals surface area contributed by atoms with Gasteiger partial charge >= 0.3 is 0 Å². The molecule has 35 heavy (non-hydrogen) atoms. The van der Waals surface area contributed by atoms with Gasteiger partial charge < -0.3 is 25.4 Å². The lowest BCUT2D eigenvalue weighted by Gasteiger charge is -2.15. The Morgan fingerprint density at radius 1 is 0.829 bits per heavy atom. The van der Waals surface area contributed by atoms with Gasteiger partial charge in [0.2, 0.25) is 5.91 Å². The minimum absolute atomic E-state index is 0.0118. The average molecular weight is 510 g/mol. The normalized spacial score (nSPS) is 11.2. The number of carbonyl (C=O) groups excluding carboxylic acids is 2. The number of hydrogen-bond acceptors (Lipinski definition) is 6. The summed E-state index contributed by atoms with van der Waals surface area (Å²) < 4.78 is 10.5. The number of amides is 1. The first-order chi connectivity index (χ1) is 16.8. The third-order valence-electron chi connectivity index (χ3n) is 4.94. The fourth-order valence-electron chi connectivity index (χ4n) is 3.11. The highest BCUT2D eigenvalue weighted by atomic mass is 32.2. The van der Waals surface area contributed by atoms with Crippen molar-refractivity contribution in [1.82, 2.24) is 0 Å². The highest BCUT2D eigenvalue weighted by Crippen LogP contribution is 2.29. The molecule has 3 aromatic rings. The molecule has 7 nitrogen and oxygen atoms in total. The third kappa shape index (κ3) is 7.73. The van der Waals surface area contributed by atoms with Crippen molar-refractivity contribution in [2.24, 2.45) is 0 Å². The fraction of sp³-hybridized carbons (Fsp3) is 0.192. The van der Waals surface area contributed by atoms with Crippen molar-refractivity contribution in [3.63, 3.8) is 0 Å². The summed E-state index contributed by atoms with van der Waals surface area (Å²) in [6.45, 7) is 3.37. The second-order valence-corrected chi connectivity index (χ2v) is 9.41. The lowest BCUT2D eigenvalue weighted by molar-refractivity contribution is -0.115. The van der Waals surface area contributed by atoms with Crippen LogP contribution in [-0.2, 0) is 4.79 Å². The lowest BCUT2D eigenvalue weighted by atomic mass is 10.1. The Morgan fingerprint density at radius 3 is 2.06 bits per heavy atom. The summed E-state index contributed by atoms with van der Waals surface area (Å²) in [5.41, 5.74) is 2.81. The molecule has 0 fully saturated rings. The molecule has 1 amide bonds. The molecule has 0 aliphatic heterocycles. The van der Waals surface area contributed by atoms with Crippen LogP contribution >= 0.6 is 24.0 Å². The number of thioether (sulfide) groups is 1. The molecule has 3 aromatic carbocycles. The Morgan fingerprint density at radius 2 is 1.46 bits per heavy atom. The van der Waals surface area contributed by atoms with Crippen LogP contribution in [0.25, 0.3) is 0 Å². The van der Waals surface area contributed by atoms with Crippen LogP contribution in [0.2, 0.25) is 0 Å². The van der Waals surface area contributed by atoms with Crippen molar-refractivity contribution < 1.29 is 19.1 Å². The molecule has 0 bridgehead atoms. The quantitative estimate of drug-likeness (QED) is 0.189. The van der Waals surface area contributed by atoms with Crippen molar-refractivity contribution in [2.75, 3.05) is 30.2 Å². The summed E-state index contributed by atoms with van der Waals surface area (Å²) >= 11 is 6.84. The van der Waals surface area contributed by atoms with Crippen LogP contribution in [-0.4, -0.2) is 36.3 Å². The first-order valence-electron chi connectivity index (χ1n) is 10.8.